The highest BCUT2D eigenvalue weighted by atomic mass is 16.3. The molecule has 4 heteroatoms. The van der Waals surface area contributed by atoms with E-state index in [4.69, 9.17) is 5.26 Å². The van der Waals surface area contributed by atoms with Gasteiger partial charge in [-0.25, -0.2) is 0 Å². The number of amides is 1. The van der Waals surface area contributed by atoms with Crippen molar-refractivity contribution in [2.45, 2.75) is 37.8 Å². The number of hydrogen-bond donors (Lipinski definition) is 1. The van der Waals surface area contributed by atoms with Gasteiger partial charge in [0.15, 0.2) is 0 Å². The van der Waals surface area contributed by atoms with E-state index in [0.717, 1.165) is 25.7 Å². The topological polar surface area (TPSA) is 64.3 Å². The van der Waals surface area contributed by atoms with Gasteiger partial charge in [0.05, 0.1) is 18.2 Å². The molecule has 0 saturated carbocycles. The number of nitriles is 1. The number of carbonyl (C=O) groups is 1. The predicted molar refractivity (Wildman–Crippen MR) is 98.4 cm³/mol. The molecule has 0 aliphatic carbocycles. The third-order valence-corrected chi connectivity index (χ3v) is 6.04. The van der Waals surface area contributed by atoms with E-state index in [9.17, 15) is 9.90 Å². The van der Waals surface area contributed by atoms with Gasteiger partial charge in [0, 0.05) is 23.1 Å². The van der Waals surface area contributed by atoms with E-state index in [1.807, 2.05) is 23.1 Å². The maximum Gasteiger partial charge on any atom is 0.254 e. The van der Waals surface area contributed by atoms with Gasteiger partial charge >= 0.3 is 0 Å². The van der Waals surface area contributed by atoms with Gasteiger partial charge in [0.1, 0.15) is 0 Å². The normalized spacial score (nSPS) is 26.7. The molecular formula is C22H22N2O2. The summed E-state index contributed by atoms with van der Waals surface area (Å²) in [6.45, 7) is 0.0884. The maximum atomic E-state index is 13.2. The van der Waals surface area contributed by atoms with Crippen LogP contribution in [0.25, 0.3) is 0 Å². The molecule has 1 amide bonds. The van der Waals surface area contributed by atoms with E-state index in [1.54, 1.807) is 24.3 Å². The van der Waals surface area contributed by atoms with Gasteiger partial charge in [0.25, 0.3) is 5.91 Å². The van der Waals surface area contributed by atoms with E-state index in [1.165, 1.54) is 5.56 Å². The van der Waals surface area contributed by atoms with Crippen LogP contribution in [-0.4, -0.2) is 34.6 Å². The monoisotopic (exact) mass is 346 g/mol. The molecule has 2 aromatic carbocycles. The average molecular weight is 346 g/mol. The Kier molecular flexibility index (Phi) is 4.26. The quantitative estimate of drug-likeness (QED) is 0.925. The Hall–Kier alpha value is -2.64. The van der Waals surface area contributed by atoms with Crippen LogP contribution in [0.4, 0.5) is 0 Å². The van der Waals surface area contributed by atoms with Gasteiger partial charge in [-0.3, -0.25) is 4.79 Å². The zero-order valence-electron chi connectivity index (χ0n) is 14.6. The molecule has 26 heavy (non-hydrogen) atoms. The molecule has 0 radical (unpaired) electrons. The summed E-state index contributed by atoms with van der Waals surface area (Å²) in [7, 11) is 0. The van der Waals surface area contributed by atoms with Gasteiger partial charge in [-0.1, -0.05) is 36.4 Å². The molecule has 2 fully saturated rings. The first-order chi connectivity index (χ1) is 12.7. The molecule has 4 nitrogen and oxygen atoms in total. The standard InChI is InChI=1S/C22H22N2O2/c23-14-17-7-4-8-18(11-17)21(26)24-19-9-10-20(24)22(13-19,15-25)12-16-5-2-1-3-6-16/h1-8,11,19-20,25H,9-10,12-13,15H2/t19-,20+,22-/m0/s1. The molecule has 0 unspecified atom stereocenters. The first-order valence-electron chi connectivity index (χ1n) is 9.14. The van der Waals surface area contributed by atoms with Gasteiger partial charge < -0.3 is 10.0 Å². The lowest BCUT2D eigenvalue weighted by Gasteiger charge is -2.36. The number of aliphatic hydroxyl groups is 1. The van der Waals surface area contributed by atoms with E-state index < -0.39 is 0 Å². The summed E-state index contributed by atoms with van der Waals surface area (Å²) in [6, 6.07) is 19.4. The van der Waals surface area contributed by atoms with Crippen molar-refractivity contribution in [3.8, 4) is 6.07 Å². The summed E-state index contributed by atoms with van der Waals surface area (Å²) >= 11 is 0. The average Bonchev–Trinajstić information content (AvgIpc) is 3.24. The molecule has 2 bridgehead atoms. The number of nitrogens with zero attached hydrogens (tertiary/aromatic N) is 2. The van der Waals surface area contributed by atoms with Crippen molar-refractivity contribution in [3.63, 3.8) is 0 Å². The van der Waals surface area contributed by atoms with Crippen LogP contribution in [0, 0.1) is 16.7 Å². The zero-order valence-corrected chi connectivity index (χ0v) is 14.6. The molecule has 2 aliphatic heterocycles. The summed E-state index contributed by atoms with van der Waals surface area (Å²) in [5.74, 6) is -0.0158. The van der Waals surface area contributed by atoms with Crippen molar-refractivity contribution in [2.75, 3.05) is 6.61 Å². The van der Waals surface area contributed by atoms with Crippen molar-refractivity contribution < 1.29 is 9.90 Å². The molecule has 132 valence electrons. The number of benzene rings is 2. The molecule has 3 atom stereocenters. The molecule has 2 aromatic rings. The van der Waals surface area contributed by atoms with E-state index in [2.05, 4.69) is 18.2 Å². The molecule has 4 rings (SSSR count). The highest BCUT2D eigenvalue weighted by molar-refractivity contribution is 5.95. The summed E-state index contributed by atoms with van der Waals surface area (Å²) in [4.78, 5) is 15.1. The van der Waals surface area contributed by atoms with Crippen molar-refractivity contribution in [1.29, 1.82) is 5.26 Å². The van der Waals surface area contributed by atoms with Crippen LogP contribution in [0.2, 0.25) is 0 Å². The lowest BCUT2D eigenvalue weighted by atomic mass is 9.70. The fourth-order valence-electron chi connectivity index (χ4n) is 4.89. The lowest BCUT2D eigenvalue weighted by molar-refractivity contribution is 0.0571. The minimum Gasteiger partial charge on any atom is -0.396 e. The van der Waals surface area contributed by atoms with Crippen LogP contribution in [-0.2, 0) is 6.42 Å². The first-order valence-corrected chi connectivity index (χ1v) is 9.14. The van der Waals surface area contributed by atoms with Crippen molar-refractivity contribution in [1.82, 2.24) is 4.90 Å². The summed E-state index contributed by atoms with van der Waals surface area (Å²) in [5.41, 5.74) is 2.00. The molecule has 2 heterocycles. The van der Waals surface area contributed by atoms with Crippen molar-refractivity contribution >= 4 is 5.91 Å². The van der Waals surface area contributed by atoms with Crippen LogP contribution in [0.5, 0.6) is 0 Å². The molecule has 0 aromatic heterocycles. The third kappa shape index (κ3) is 2.69. The number of hydrogen-bond acceptors (Lipinski definition) is 3. The summed E-state index contributed by atoms with van der Waals surface area (Å²) in [6.07, 6.45) is 3.55. The largest absolute Gasteiger partial charge is 0.396 e. The maximum absolute atomic E-state index is 13.2. The minimum atomic E-state index is -0.271. The number of aliphatic hydroxyl groups excluding tert-OH is 1. The van der Waals surface area contributed by atoms with E-state index >= 15 is 0 Å². The summed E-state index contributed by atoms with van der Waals surface area (Å²) in [5, 5.41) is 19.4. The molecule has 2 saturated heterocycles. The molecule has 0 spiro atoms. The van der Waals surface area contributed by atoms with Crippen LogP contribution < -0.4 is 0 Å². The van der Waals surface area contributed by atoms with Gasteiger partial charge in [0.2, 0.25) is 0 Å². The van der Waals surface area contributed by atoms with Gasteiger partial charge in [-0.05, 0) is 49.4 Å². The molecule has 1 N–H and O–H groups in total. The smallest absolute Gasteiger partial charge is 0.254 e. The van der Waals surface area contributed by atoms with Gasteiger partial charge in [-0.15, -0.1) is 0 Å². The highest BCUT2D eigenvalue weighted by Crippen LogP contribution is 2.51. The second-order valence-electron chi connectivity index (χ2n) is 7.54. The Morgan fingerprint density at radius 2 is 2.00 bits per heavy atom. The van der Waals surface area contributed by atoms with Crippen LogP contribution >= 0.6 is 0 Å². The van der Waals surface area contributed by atoms with Crippen LogP contribution in [0.1, 0.15) is 40.7 Å². The summed E-state index contributed by atoms with van der Waals surface area (Å²) < 4.78 is 0. The Morgan fingerprint density at radius 3 is 2.73 bits per heavy atom. The van der Waals surface area contributed by atoms with E-state index in [0.29, 0.717) is 11.1 Å². The number of rotatable bonds is 4. The second kappa shape index (κ2) is 6.59. The number of carbonyl (C=O) groups excluding carboxylic acids is 1. The van der Waals surface area contributed by atoms with Crippen LogP contribution in [0.3, 0.4) is 0 Å². The highest BCUT2D eigenvalue weighted by Gasteiger charge is 2.57. The fourth-order valence-corrected chi connectivity index (χ4v) is 4.89. The Balaban J connectivity index is 1.63. The first kappa shape index (κ1) is 16.8. The minimum absolute atomic E-state index is 0.0158. The number of fused-ring (bicyclic) bond motifs is 2. The van der Waals surface area contributed by atoms with Gasteiger partial charge in [-0.2, -0.15) is 5.26 Å². The Bertz CT molecular complexity index is 858. The Labute approximate surface area is 153 Å². The van der Waals surface area contributed by atoms with E-state index in [-0.39, 0.29) is 30.0 Å². The SMILES string of the molecule is N#Cc1cccc(C(=O)N2[C@H]3CC[C@@H]2[C@@](CO)(Cc2ccccc2)C3)c1. The zero-order chi connectivity index (χ0) is 18.1. The second-order valence-corrected chi connectivity index (χ2v) is 7.54. The Morgan fingerprint density at radius 1 is 1.19 bits per heavy atom. The molecular weight excluding hydrogens is 324 g/mol. The lowest BCUT2D eigenvalue weighted by Crippen LogP contribution is -2.43. The van der Waals surface area contributed by atoms with Crippen molar-refractivity contribution in [3.05, 3.63) is 71.3 Å². The predicted octanol–water partition coefficient (Wildman–Crippen LogP) is 3.16. The van der Waals surface area contributed by atoms with Crippen molar-refractivity contribution in [2.24, 2.45) is 5.41 Å². The molecule has 2 aliphatic rings. The fraction of sp³-hybridized carbons (Fsp3) is 0.364. The third-order valence-electron chi connectivity index (χ3n) is 6.04. The van der Waals surface area contributed by atoms with Crippen LogP contribution in [0.15, 0.2) is 54.6 Å².